The first-order chi connectivity index (χ1) is 8.89. The van der Waals surface area contributed by atoms with E-state index in [1.54, 1.807) is 0 Å². The van der Waals surface area contributed by atoms with E-state index in [1.165, 1.54) is 11.8 Å². The topological polar surface area (TPSA) is 26.7 Å². The van der Waals surface area contributed by atoms with E-state index in [4.69, 9.17) is 0 Å². The molecule has 19 heavy (non-hydrogen) atoms. The molecular weight excluding hydrogens is 257 g/mol. The number of rotatable bonds is 2. The molecule has 1 heterocycles. The van der Waals surface area contributed by atoms with Crippen LogP contribution in [0.3, 0.4) is 0 Å². The number of halogens is 3. The Kier molecular flexibility index (Phi) is 4.74. The van der Waals surface area contributed by atoms with Crippen molar-refractivity contribution in [1.29, 1.82) is 0 Å². The number of piperazine rings is 1. The van der Waals surface area contributed by atoms with Gasteiger partial charge in [0.15, 0.2) is 0 Å². The van der Waals surface area contributed by atoms with Crippen molar-refractivity contribution in [3.8, 4) is 0 Å². The van der Waals surface area contributed by atoms with Gasteiger partial charge in [0.1, 0.15) is 6.04 Å². The van der Waals surface area contributed by atoms with Crippen LogP contribution in [-0.2, 0) is 0 Å². The zero-order chi connectivity index (χ0) is 14.0. The van der Waals surface area contributed by atoms with E-state index in [-0.39, 0.29) is 12.1 Å². The number of hydrogen-bond acceptors (Lipinski definition) is 3. The molecule has 2 fully saturated rings. The fourth-order valence-corrected chi connectivity index (χ4v) is 3.18. The summed E-state index contributed by atoms with van der Waals surface area (Å²) >= 11 is 0. The molecule has 3 nitrogen and oxygen atoms in total. The summed E-state index contributed by atoms with van der Waals surface area (Å²) in [6, 6.07) is -1.22. The van der Waals surface area contributed by atoms with Crippen LogP contribution >= 0.6 is 0 Å². The third kappa shape index (κ3) is 3.61. The predicted octanol–water partition coefficient (Wildman–Crippen LogP) is 1.86. The zero-order valence-corrected chi connectivity index (χ0v) is 11.4. The first-order valence-electron chi connectivity index (χ1n) is 7.12. The molecule has 0 unspecified atom stereocenters. The van der Waals surface area contributed by atoms with Gasteiger partial charge in [-0.1, -0.05) is 12.8 Å². The Bertz CT molecular complexity index is 290. The van der Waals surface area contributed by atoms with Crippen LogP contribution in [0.5, 0.6) is 0 Å². The van der Waals surface area contributed by atoms with Gasteiger partial charge in [-0.15, -0.1) is 0 Å². The Labute approximate surface area is 112 Å². The lowest BCUT2D eigenvalue weighted by molar-refractivity contribution is -0.184. The molecule has 0 aromatic rings. The number of aliphatic hydroxyl groups excluding tert-OH is 1. The van der Waals surface area contributed by atoms with Crippen LogP contribution < -0.4 is 0 Å². The Morgan fingerprint density at radius 1 is 1.05 bits per heavy atom. The van der Waals surface area contributed by atoms with Crippen molar-refractivity contribution in [2.45, 2.75) is 57.0 Å². The van der Waals surface area contributed by atoms with Gasteiger partial charge < -0.3 is 5.11 Å². The van der Waals surface area contributed by atoms with Crippen molar-refractivity contribution in [2.24, 2.45) is 0 Å². The second kappa shape index (κ2) is 5.97. The summed E-state index contributed by atoms with van der Waals surface area (Å²) < 4.78 is 38.0. The number of aliphatic hydroxyl groups is 1. The Morgan fingerprint density at radius 3 is 2.16 bits per heavy atom. The number of hydrogen-bond donors (Lipinski definition) is 1. The summed E-state index contributed by atoms with van der Waals surface area (Å²) in [7, 11) is 0. The van der Waals surface area contributed by atoms with Gasteiger partial charge in [0, 0.05) is 32.2 Å². The van der Waals surface area contributed by atoms with Crippen molar-refractivity contribution >= 4 is 0 Å². The zero-order valence-electron chi connectivity index (χ0n) is 11.4. The van der Waals surface area contributed by atoms with E-state index < -0.39 is 12.2 Å². The van der Waals surface area contributed by atoms with E-state index in [0.29, 0.717) is 26.2 Å². The van der Waals surface area contributed by atoms with Crippen LogP contribution in [0.2, 0.25) is 0 Å². The number of alkyl halides is 3. The maximum atomic E-state index is 12.7. The highest BCUT2D eigenvalue weighted by Crippen LogP contribution is 2.27. The molecule has 2 aliphatic rings. The van der Waals surface area contributed by atoms with Gasteiger partial charge in [-0.05, 0) is 19.8 Å². The summed E-state index contributed by atoms with van der Waals surface area (Å²) in [6.45, 7) is 3.35. The van der Waals surface area contributed by atoms with Crippen molar-refractivity contribution in [1.82, 2.24) is 9.80 Å². The maximum Gasteiger partial charge on any atom is 0.403 e. The summed E-state index contributed by atoms with van der Waals surface area (Å²) in [5, 5.41) is 9.99. The van der Waals surface area contributed by atoms with Crippen LogP contribution in [0.15, 0.2) is 0 Å². The van der Waals surface area contributed by atoms with Gasteiger partial charge in [-0.3, -0.25) is 9.80 Å². The first kappa shape index (κ1) is 15.1. The highest BCUT2D eigenvalue weighted by molar-refractivity contribution is 4.88. The predicted molar refractivity (Wildman–Crippen MR) is 66.9 cm³/mol. The van der Waals surface area contributed by atoms with Gasteiger partial charge >= 0.3 is 6.18 Å². The van der Waals surface area contributed by atoms with Crippen LogP contribution in [0, 0.1) is 0 Å². The Hall–Kier alpha value is -0.330. The molecule has 0 radical (unpaired) electrons. The van der Waals surface area contributed by atoms with Gasteiger partial charge in [-0.2, -0.15) is 13.2 Å². The minimum absolute atomic E-state index is 0.150. The molecule has 3 atom stereocenters. The van der Waals surface area contributed by atoms with Crippen LogP contribution in [0.25, 0.3) is 0 Å². The SMILES string of the molecule is C[C@H](N1CCN([C@@H]2CCCC[C@H]2O)CC1)C(F)(F)F. The summed E-state index contributed by atoms with van der Waals surface area (Å²) in [5.74, 6) is 0. The Balaban J connectivity index is 1.85. The van der Waals surface area contributed by atoms with Crippen molar-refractivity contribution in [3.63, 3.8) is 0 Å². The molecule has 1 N–H and O–H groups in total. The third-order valence-corrected chi connectivity index (χ3v) is 4.53. The second-order valence-corrected chi connectivity index (χ2v) is 5.71. The molecule has 0 amide bonds. The van der Waals surface area contributed by atoms with Crippen molar-refractivity contribution in [3.05, 3.63) is 0 Å². The minimum atomic E-state index is -4.15. The number of nitrogens with zero attached hydrogens (tertiary/aromatic N) is 2. The largest absolute Gasteiger partial charge is 0.403 e. The van der Waals surface area contributed by atoms with E-state index in [2.05, 4.69) is 4.90 Å². The minimum Gasteiger partial charge on any atom is -0.391 e. The summed E-state index contributed by atoms with van der Waals surface area (Å²) in [5.41, 5.74) is 0. The van der Waals surface area contributed by atoms with Crippen molar-refractivity contribution in [2.75, 3.05) is 26.2 Å². The summed E-state index contributed by atoms with van der Waals surface area (Å²) in [4.78, 5) is 3.66. The first-order valence-corrected chi connectivity index (χ1v) is 7.12. The normalized spacial score (nSPS) is 33.3. The van der Waals surface area contributed by atoms with Gasteiger partial charge in [0.25, 0.3) is 0 Å². The quantitative estimate of drug-likeness (QED) is 0.836. The standard InChI is InChI=1S/C13H23F3N2O/c1-10(13(14,15)16)17-6-8-18(9-7-17)11-4-2-3-5-12(11)19/h10-12,19H,2-9H2,1H3/t10-,11+,12+/m0/s1. The molecule has 1 aliphatic heterocycles. The lowest BCUT2D eigenvalue weighted by Gasteiger charge is -2.44. The molecule has 0 aromatic heterocycles. The molecule has 0 bridgehead atoms. The molecule has 1 saturated carbocycles. The molecule has 2 rings (SSSR count). The molecular formula is C13H23F3N2O. The lowest BCUT2D eigenvalue weighted by atomic mass is 9.91. The highest BCUT2D eigenvalue weighted by Gasteiger charge is 2.41. The lowest BCUT2D eigenvalue weighted by Crippen LogP contribution is -2.58. The van der Waals surface area contributed by atoms with Gasteiger partial charge in [0.05, 0.1) is 6.10 Å². The van der Waals surface area contributed by atoms with Crippen LogP contribution in [0.4, 0.5) is 13.2 Å². The molecule has 1 saturated heterocycles. The molecule has 6 heteroatoms. The summed E-state index contributed by atoms with van der Waals surface area (Å²) in [6.07, 6.45) is -0.490. The van der Waals surface area contributed by atoms with E-state index >= 15 is 0 Å². The van der Waals surface area contributed by atoms with E-state index in [1.807, 2.05) is 0 Å². The van der Waals surface area contributed by atoms with E-state index in [9.17, 15) is 18.3 Å². The fraction of sp³-hybridized carbons (Fsp3) is 1.00. The average Bonchev–Trinajstić information content (AvgIpc) is 2.38. The average molecular weight is 280 g/mol. The second-order valence-electron chi connectivity index (χ2n) is 5.71. The van der Waals surface area contributed by atoms with Crippen molar-refractivity contribution < 1.29 is 18.3 Å². The van der Waals surface area contributed by atoms with Crippen LogP contribution in [0.1, 0.15) is 32.6 Å². The molecule has 0 aromatic carbocycles. The monoisotopic (exact) mass is 280 g/mol. The maximum absolute atomic E-state index is 12.7. The third-order valence-electron chi connectivity index (χ3n) is 4.53. The molecule has 0 spiro atoms. The highest BCUT2D eigenvalue weighted by atomic mass is 19.4. The Morgan fingerprint density at radius 2 is 1.63 bits per heavy atom. The van der Waals surface area contributed by atoms with E-state index in [0.717, 1.165) is 25.7 Å². The van der Waals surface area contributed by atoms with Crippen LogP contribution in [-0.4, -0.2) is 65.4 Å². The smallest absolute Gasteiger partial charge is 0.391 e. The molecule has 1 aliphatic carbocycles. The molecule has 112 valence electrons. The van der Waals surface area contributed by atoms with Gasteiger partial charge in [-0.25, -0.2) is 0 Å². The fourth-order valence-electron chi connectivity index (χ4n) is 3.18. The van der Waals surface area contributed by atoms with Gasteiger partial charge in [0.2, 0.25) is 0 Å².